The predicted molar refractivity (Wildman–Crippen MR) is 106 cm³/mol. The third-order valence-corrected chi connectivity index (χ3v) is 4.80. The molecule has 0 N–H and O–H groups in total. The molecule has 0 saturated heterocycles. The summed E-state index contributed by atoms with van der Waals surface area (Å²) >= 11 is 5.78. The lowest BCUT2D eigenvalue weighted by Crippen LogP contribution is -2.31. The van der Waals surface area contributed by atoms with E-state index in [1.807, 2.05) is 47.0 Å². The van der Waals surface area contributed by atoms with Crippen LogP contribution < -0.4 is 0 Å². The van der Waals surface area contributed by atoms with E-state index in [1.165, 1.54) is 6.07 Å². The SMILES string of the molecule is O=C(CCl)N(Cc1ccccc1)Cc1cccn1Cc1cccc(C(F)(F)F)c1. The van der Waals surface area contributed by atoms with Crippen LogP contribution in [0.1, 0.15) is 22.4 Å². The van der Waals surface area contributed by atoms with Gasteiger partial charge in [-0.15, -0.1) is 11.6 Å². The molecule has 1 aromatic heterocycles. The summed E-state index contributed by atoms with van der Waals surface area (Å²) in [6.07, 6.45) is -2.59. The minimum absolute atomic E-state index is 0.138. The molecule has 0 saturated carbocycles. The predicted octanol–water partition coefficient (Wildman–Crippen LogP) is 5.32. The highest BCUT2D eigenvalue weighted by Gasteiger charge is 2.30. The number of alkyl halides is 4. The number of benzene rings is 2. The van der Waals surface area contributed by atoms with Crippen LogP contribution in [0.5, 0.6) is 0 Å². The summed E-state index contributed by atoms with van der Waals surface area (Å²) in [6.45, 7) is 0.994. The lowest BCUT2D eigenvalue weighted by molar-refractivity contribution is -0.137. The quantitative estimate of drug-likeness (QED) is 0.475. The van der Waals surface area contributed by atoms with Crippen LogP contribution in [0, 0.1) is 0 Å². The fraction of sp³-hybridized carbons (Fsp3) is 0.227. The van der Waals surface area contributed by atoms with Crippen LogP contribution in [0.15, 0.2) is 72.9 Å². The number of aromatic nitrogens is 1. The Morgan fingerprint density at radius 3 is 2.34 bits per heavy atom. The molecule has 3 nitrogen and oxygen atoms in total. The molecule has 7 heteroatoms. The summed E-state index contributed by atoms with van der Waals surface area (Å²) in [5.74, 6) is -0.344. The first-order valence-corrected chi connectivity index (χ1v) is 9.58. The van der Waals surface area contributed by atoms with Gasteiger partial charge in [-0.1, -0.05) is 42.5 Å². The van der Waals surface area contributed by atoms with Gasteiger partial charge in [0.25, 0.3) is 0 Å². The lowest BCUT2D eigenvalue weighted by Gasteiger charge is -2.23. The molecule has 0 fully saturated rings. The Hall–Kier alpha value is -2.73. The van der Waals surface area contributed by atoms with Crippen molar-refractivity contribution in [3.05, 3.63) is 95.3 Å². The average molecular weight is 421 g/mol. The standard InChI is InChI=1S/C22H20ClF3N2O/c23-13-21(29)28(14-17-6-2-1-3-7-17)16-20-10-5-11-27(20)15-18-8-4-9-19(12-18)22(24,25)26/h1-12H,13-16H2. The first-order chi connectivity index (χ1) is 13.9. The van der Waals surface area contributed by atoms with Crippen molar-refractivity contribution in [2.75, 3.05) is 5.88 Å². The number of hydrogen-bond acceptors (Lipinski definition) is 1. The fourth-order valence-corrected chi connectivity index (χ4v) is 3.28. The second-order valence-electron chi connectivity index (χ2n) is 6.69. The number of halogens is 4. The lowest BCUT2D eigenvalue weighted by atomic mass is 10.1. The molecule has 1 heterocycles. The molecule has 0 aliphatic rings. The Bertz CT molecular complexity index is 954. The van der Waals surface area contributed by atoms with Crippen LogP contribution in [0.3, 0.4) is 0 Å². The minimum Gasteiger partial charge on any atom is -0.345 e. The van der Waals surface area contributed by atoms with Crippen LogP contribution in [0.25, 0.3) is 0 Å². The van der Waals surface area contributed by atoms with Crippen molar-refractivity contribution < 1.29 is 18.0 Å². The molecule has 0 radical (unpaired) electrons. The topological polar surface area (TPSA) is 25.2 Å². The van der Waals surface area contributed by atoms with Crippen molar-refractivity contribution in [1.29, 1.82) is 0 Å². The van der Waals surface area contributed by atoms with E-state index in [-0.39, 0.29) is 18.3 Å². The van der Waals surface area contributed by atoms with Gasteiger partial charge in [-0.25, -0.2) is 0 Å². The smallest absolute Gasteiger partial charge is 0.345 e. The van der Waals surface area contributed by atoms with Crippen LogP contribution in [0.4, 0.5) is 13.2 Å². The number of carbonyl (C=O) groups is 1. The number of nitrogens with zero attached hydrogens (tertiary/aromatic N) is 2. The number of amides is 1. The fourth-order valence-electron chi connectivity index (χ4n) is 3.11. The Balaban J connectivity index is 1.78. The monoisotopic (exact) mass is 420 g/mol. The maximum Gasteiger partial charge on any atom is 0.416 e. The first kappa shape index (κ1) is 21.0. The molecule has 0 spiro atoms. The van der Waals surface area contributed by atoms with E-state index in [9.17, 15) is 18.0 Å². The van der Waals surface area contributed by atoms with Gasteiger partial charge in [0.05, 0.1) is 12.1 Å². The normalized spacial score (nSPS) is 11.4. The van der Waals surface area contributed by atoms with E-state index < -0.39 is 11.7 Å². The molecule has 0 unspecified atom stereocenters. The Morgan fingerprint density at radius 1 is 0.931 bits per heavy atom. The first-order valence-electron chi connectivity index (χ1n) is 9.04. The maximum absolute atomic E-state index is 13.0. The van der Waals surface area contributed by atoms with E-state index >= 15 is 0 Å². The molecule has 1 amide bonds. The molecular weight excluding hydrogens is 401 g/mol. The van der Waals surface area contributed by atoms with Crippen LogP contribution >= 0.6 is 11.6 Å². The van der Waals surface area contributed by atoms with Gasteiger partial charge in [-0.3, -0.25) is 4.79 Å². The van der Waals surface area contributed by atoms with E-state index in [2.05, 4.69) is 0 Å². The van der Waals surface area contributed by atoms with E-state index in [0.29, 0.717) is 18.7 Å². The molecule has 0 aliphatic heterocycles. The van der Waals surface area contributed by atoms with Crippen molar-refractivity contribution in [2.24, 2.45) is 0 Å². The summed E-state index contributed by atoms with van der Waals surface area (Å²) < 4.78 is 40.8. The Morgan fingerprint density at radius 2 is 1.66 bits per heavy atom. The summed E-state index contributed by atoms with van der Waals surface area (Å²) in [6, 6.07) is 18.5. The van der Waals surface area contributed by atoms with Crippen molar-refractivity contribution in [2.45, 2.75) is 25.8 Å². The van der Waals surface area contributed by atoms with Crippen molar-refractivity contribution in [3.63, 3.8) is 0 Å². The van der Waals surface area contributed by atoms with Crippen molar-refractivity contribution >= 4 is 17.5 Å². The van der Waals surface area contributed by atoms with Crippen molar-refractivity contribution in [1.82, 2.24) is 9.47 Å². The van der Waals surface area contributed by atoms with Crippen molar-refractivity contribution in [3.8, 4) is 0 Å². The van der Waals surface area contributed by atoms with Gasteiger partial charge in [0.2, 0.25) is 5.91 Å². The largest absolute Gasteiger partial charge is 0.416 e. The van der Waals surface area contributed by atoms with Gasteiger partial charge >= 0.3 is 6.18 Å². The summed E-state index contributed by atoms with van der Waals surface area (Å²) in [5, 5.41) is 0. The Kier molecular flexibility index (Phi) is 6.64. The van der Waals surface area contributed by atoms with Gasteiger partial charge in [0.15, 0.2) is 0 Å². The van der Waals surface area contributed by atoms with Gasteiger partial charge in [0, 0.05) is 25.0 Å². The summed E-state index contributed by atoms with van der Waals surface area (Å²) in [5.41, 5.74) is 1.65. The second-order valence-corrected chi connectivity index (χ2v) is 6.96. The molecule has 3 aromatic rings. The molecule has 2 aromatic carbocycles. The van der Waals surface area contributed by atoms with Gasteiger partial charge in [-0.05, 0) is 35.4 Å². The van der Waals surface area contributed by atoms with E-state index in [4.69, 9.17) is 11.6 Å². The zero-order valence-corrected chi connectivity index (χ0v) is 16.3. The van der Waals surface area contributed by atoms with Gasteiger partial charge < -0.3 is 9.47 Å². The molecule has 152 valence electrons. The molecule has 3 rings (SSSR count). The van der Waals surface area contributed by atoms with Crippen LogP contribution in [0.2, 0.25) is 0 Å². The molecule has 0 bridgehead atoms. The average Bonchev–Trinajstić information content (AvgIpc) is 3.14. The third-order valence-electron chi connectivity index (χ3n) is 4.57. The van der Waals surface area contributed by atoms with Crippen LogP contribution in [-0.4, -0.2) is 21.3 Å². The number of rotatable bonds is 7. The summed E-state index contributed by atoms with van der Waals surface area (Å²) in [7, 11) is 0. The third kappa shape index (κ3) is 5.64. The number of hydrogen-bond donors (Lipinski definition) is 0. The van der Waals surface area contributed by atoms with Gasteiger partial charge in [-0.2, -0.15) is 13.2 Å². The number of carbonyl (C=O) groups excluding carboxylic acids is 1. The van der Waals surface area contributed by atoms with Crippen LogP contribution in [-0.2, 0) is 30.6 Å². The molecule has 0 atom stereocenters. The zero-order chi connectivity index (χ0) is 20.9. The maximum atomic E-state index is 13.0. The highest BCUT2D eigenvalue weighted by molar-refractivity contribution is 6.27. The Labute approximate surface area is 172 Å². The second kappa shape index (κ2) is 9.18. The summed E-state index contributed by atoms with van der Waals surface area (Å²) in [4.78, 5) is 14.0. The highest BCUT2D eigenvalue weighted by Crippen LogP contribution is 2.29. The van der Waals surface area contributed by atoms with Gasteiger partial charge in [0.1, 0.15) is 5.88 Å². The zero-order valence-electron chi connectivity index (χ0n) is 15.6. The van der Waals surface area contributed by atoms with E-state index in [0.717, 1.165) is 23.4 Å². The minimum atomic E-state index is -4.38. The highest BCUT2D eigenvalue weighted by atomic mass is 35.5. The van der Waals surface area contributed by atoms with E-state index in [1.54, 1.807) is 17.2 Å². The molecular formula is C22H20ClF3N2O. The molecule has 29 heavy (non-hydrogen) atoms. The molecule has 0 aliphatic carbocycles.